The predicted octanol–water partition coefficient (Wildman–Crippen LogP) is 2.49. The van der Waals surface area contributed by atoms with Crippen LogP contribution in [0.15, 0.2) is 27.6 Å². The normalized spacial score (nSPS) is 23.6. The fraction of sp³-hybridized carbons (Fsp3) is 0.526. The first-order chi connectivity index (χ1) is 12.5. The molecule has 0 aromatic carbocycles. The Kier molecular flexibility index (Phi) is 4.09. The zero-order valence-corrected chi connectivity index (χ0v) is 15.4. The molecule has 1 aliphatic carbocycles. The summed E-state index contributed by atoms with van der Waals surface area (Å²) in [6, 6.07) is 3.67. The van der Waals surface area contributed by atoms with Gasteiger partial charge in [-0.15, -0.1) is 0 Å². The Balaban J connectivity index is 1.60. The number of aryl methyl sites for hydroxylation is 1. The molecule has 1 aliphatic rings. The summed E-state index contributed by atoms with van der Waals surface area (Å²) in [6.07, 6.45) is 4.91. The van der Waals surface area contributed by atoms with Crippen molar-refractivity contribution in [3.63, 3.8) is 0 Å². The zero-order chi connectivity index (χ0) is 18.4. The molecule has 7 nitrogen and oxygen atoms in total. The molecule has 0 aliphatic heterocycles. The molecule has 1 amide bonds. The highest BCUT2D eigenvalue weighted by Crippen LogP contribution is 2.29. The van der Waals surface area contributed by atoms with Gasteiger partial charge in [-0.05, 0) is 25.2 Å². The van der Waals surface area contributed by atoms with Crippen molar-refractivity contribution in [2.45, 2.75) is 52.6 Å². The minimum Gasteiger partial charge on any atom is -0.463 e. The lowest BCUT2D eigenvalue weighted by molar-refractivity contribution is -0.123. The molecule has 138 valence electrons. The molecular weight excluding hydrogens is 332 g/mol. The molecule has 0 unspecified atom stereocenters. The van der Waals surface area contributed by atoms with Crippen LogP contribution in [-0.2, 0) is 11.3 Å². The number of amides is 1. The van der Waals surface area contributed by atoms with Gasteiger partial charge in [0, 0.05) is 18.2 Å². The van der Waals surface area contributed by atoms with E-state index in [1.54, 1.807) is 22.8 Å². The highest BCUT2D eigenvalue weighted by Gasteiger charge is 2.28. The van der Waals surface area contributed by atoms with Crippen LogP contribution in [0.3, 0.4) is 0 Å². The van der Waals surface area contributed by atoms with E-state index >= 15 is 0 Å². The Morgan fingerprint density at radius 2 is 2.15 bits per heavy atom. The lowest BCUT2D eigenvalue weighted by atomic mass is 9.78. The van der Waals surface area contributed by atoms with Gasteiger partial charge >= 0.3 is 0 Å². The van der Waals surface area contributed by atoms with Gasteiger partial charge < -0.3 is 9.73 Å². The quantitative estimate of drug-likeness (QED) is 0.782. The van der Waals surface area contributed by atoms with Gasteiger partial charge in [-0.2, -0.15) is 5.10 Å². The molecule has 0 spiro atoms. The fourth-order valence-electron chi connectivity index (χ4n) is 4.11. The van der Waals surface area contributed by atoms with Crippen LogP contribution in [0.5, 0.6) is 0 Å². The molecule has 0 bridgehead atoms. The maximum absolute atomic E-state index is 12.8. The van der Waals surface area contributed by atoms with Crippen molar-refractivity contribution in [2.24, 2.45) is 11.8 Å². The highest BCUT2D eigenvalue weighted by atomic mass is 16.3. The Bertz CT molecular complexity index is 1030. The van der Waals surface area contributed by atoms with Crippen LogP contribution < -0.4 is 10.9 Å². The van der Waals surface area contributed by atoms with Gasteiger partial charge in [0.15, 0.2) is 5.58 Å². The second kappa shape index (κ2) is 6.30. The molecule has 0 radical (unpaired) electrons. The standard InChI is InChI=1S/C19H24N4O3/c1-11-5-4-6-14(12(11)2)20-18(24)10-22-19(25)16-9-17-15(7-8-26-17)23(16)13(3)21-22/h7-9,11-12,14H,4-6,10H2,1-3H3,(H,20,24)/t11-,12+,14+/m0/s1. The molecule has 3 heterocycles. The molecule has 1 saturated carbocycles. The van der Waals surface area contributed by atoms with Gasteiger partial charge in [0.05, 0.1) is 11.8 Å². The number of carbonyl (C=O) groups excluding carboxylic acids is 1. The van der Waals surface area contributed by atoms with Crippen LogP contribution in [0.1, 0.15) is 38.9 Å². The van der Waals surface area contributed by atoms with Crippen molar-refractivity contribution in [3.05, 3.63) is 34.6 Å². The van der Waals surface area contributed by atoms with Gasteiger partial charge in [-0.3, -0.25) is 14.0 Å². The summed E-state index contributed by atoms with van der Waals surface area (Å²) in [6.45, 7) is 6.16. The number of hydrogen-bond acceptors (Lipinski definition) is 4. The van der Waals surface area contributed by atoms with Crippen LogP contribution in [-0.4, -0.2) is 26.1 Å². The maximum Gasteiger partial charge on any atom is 0.291 e. The minimum absolute atomic E-state index is 0.0691. The average Bonchev–Trinajstić information content (AvgIpc) is 3.17. The Morgan fingerprint density at radius 1 is 1.35 bits per heavy atom. The SMILES string of the molecule is Cc1nn(CC(=O)N[C@@H]2CCC[C@H](C)[C@H]2C)c(=O)c2cc3occc3n12. The smallest absolute Gasteiger partial charge is 0.291 e. The summed E-state index contributed by atoms with van der Waals surface area (Å²) in [4.78, 5) is 25.3. The lowest BCUT2D eigenvalue weighted by Gasteiger charge is -2.34. The molecule has 1 N–H and O–H groups in total. The highest BCUT2D eigenvalue weighted by molar-refractivity contribution is 5.82. The number of furan rings is 1. The second-order valence-electron chi connectivity index (χ2n) is 7.49. The summed E-state index contributed by atoms with van der Waals surface area (Å²) >= 11 is 0. The first-order valence-electron chi connectivity index (χ1n) is 9.21. The van der Waals surface area contributed by atoms with Crippen molar-refractivity contribution in [2.75, 3.05) is 0 Å². The zero-order valence-electron chi connectivity index (χ0n) is 15.4. The molecular formula is C19H24N4O3. The summed E-state index contributed by atoms with van der Waals surface area (Å²) in [5.41, 5.74) is 1.63. The maximum atomic E-state index is 12.8. The molecule has 7 heteroatoms. The summed E-state index contributed by atoms with van der Waals surface area (Å²) < 4.78 is 8.39. The minimum atomic E-state index is -0.290. The van der Waals surface area contributed by atoms with Crippen LogP contribution >= 0.6 is 0 Å². The van der Waals surface area contributed by atoms with E-state index in [1.165, 1.54) is 11.1 Å². The second-order valence-corrected chi connectivity index (χ2v) is 7.49. The van der Waals surface area contributed by atoms with E-state index in [9.17, 15) is 9.59 Å². The third kappa shape index (κ3) is 2.71. The first-order valence-corrected chi connectivity index (χ1v) is 9.21. The first kappa shape index (κ1) is 16.9. The van der Waals surface area contributed by atoms with E-state index in [0.717, 1.165) is 18.4 Å². The van der Waals surface area contributed by atoms with Crippen LogP contribution in [0.25, 0.3) is 16.6 Å². The molecule has 0 saturated heterocycles. The van der Waals surface area contributed by atoms with E-state index < -0.39 is 0 Å². The number of carbonyl (C=O) groups is 1. The number of fused-ring (bicyclic) bond motifs is 3. The third-order valence-electron chi connectivity index (χ3n) is 5.81. The molecule has 3 aromatic rings. The predicted molar refractivity (Wildman–Crippen MR) is 98.1 cm³/mol. The monoisotopic (exact) mass is 356 g/mol. The molecule has 4 rings (SSSR count). The van der Waals surface area contributed by atoms with E-state index in [2.05, 4.69) is 24.3 Å². The third-order valence-corrected chi connectivity index (χ3v) is 5.81. The molecule has 3 aromatic heterocycles. The van der Waals surface area contributed by atoms with Gasteiger partial charge in [0.2, 0.25) is 5.91 Å². The van der Waals surface area contributed by atoms with Gasteiger partial charge in [-0.25, -0.2) is 4.68 Å². The van der Waals surface area contributed by atoms with Crippen molar-refractivity contribution in [1.29, 1.82) is 0 Å². The van der Waals surface area contributed by atoms with Crippen molar-refractivity contribution in [3.8, 4) is 0 Å². The van der Waals surface area contributed by atoms with E-state index in [0.29, 0.717) is 28.8 Å². The number of hydrogen-bond donors (Lipinski definition) is 1. The molecule has 1 fully saturated rings. The molecule has 3 atom stereocenters. The topological polar surface area (TPSA) is 81.5 Å². The van der Waals surface area contributed by atoms with Crippen molar-refractivity contribution < 1.29 is 9.21 Å². The van der Waals surface area contributed by atoms with Crippen molar-refractivity contribution in [1.82, 2.24) is 19.5 Å². The number of nitrogens with zero attached hydrogens (tertiary/aromatic N) is 3. The Morgan fingerprint density at radius 3 is 2.96 bits per heavy atom. The largest absolute Gasteiger partial charge is 0.463 e. The Labute approximate surface area is 151 Å². The molecule has 26 heavy (non-hydrogen) atoms. The van der Waals surface area contributed by atoms with E-state index in [-0.39, 0.29) is 24.1 Å². The number of rotatable bonds is 3. The summed E-state index contributed by atoms with van der Waals surface area (Å²) in [5.74, 6) is 1.52. The summed E-state index contributed by atoms with van der Waals surface area (Å²) in [7, 11) is 0. The van der Waals surface area contributed by atoms with E-state index in [1.807, 2.05) is 6.92 Å². The number of nitrogens with one attached hydrogen (secondary N) is 1. The van der Waals surface area contributed by atoms with Gasteiger partial charge in [-0.1, -0.05) is 26.7 Å². The summed E-state index contributed by atoms with van der Waals surface area (Å²) in [5, 5.41) is 7.43. The van der Waals surface area contributed by atoms with Crippen LogP contribution in [0, 0.1) is 18.8 Å². The van der Waals surface area contributed by atoms with Crippen molar-refractivity contribution >= 4 is 22.5 Å². The fourth-order valence-corrected chi connectivity index (χ4v) is 4.11. The van der Waals surface area contributed by atoms with E-state index in [4.69, 9.17) is 4.42 Å². The average molecular weight is 356 g/mol. The lowest BCUT2D eigenvalue weighted by Crippen LogP contribution is -2.46. The Hall–Kier alpha value is -2.57. The van der Waals surface area contributed by atoms with Crippen LogP contribution in [0.4, 0.5) is 0 Å². The number of aromatic nitrogens is 3. The van der Waals surface area contributed by atoms with Gasteiger partial charge in [0.1, 0.15) is 17.9 Å². The van der Waals surface area contributed by atoms with Crippen LogP contribution in [0.2, 0.25) is 0 Å². The van der Waals surface area contributed by atoms with Gasteiger partial charge in [0.25, 0.3) is 5.56 Å².